The molecule has 2 rings (SSSR count). The third-order valence-electron chi connectivity index (χ3n) is 3.47. The van der Waals surface area contributed by atoms with E-state index in [4.69, 9.17) is 0 Å². The van der Waals surface area contributed by atoms with Crippen molar-refractivity contribution < 1.29 is 18.0 Å². The first-order chi connectivity index (χ1) is 10.8. The van der Waals surface area contributed by atoms with Crippen LogP contribution in [0.1, 0.15) is 24.7 Å². The van der Waals surface area contributed by atoms with E-state index in [0.717, 1.165) is 17.6 Å². The van der Waals surface area contributed by atoms with Crippen molar-refractivity contribution in [1.29, 1.82) is 0 Å². The van der Waals surface area contributed by atoms with Gasteiger partial charge in [-0.25, -0.2) is 13.1 Å². The van der Waals surface area contributed by atoms with Gasteiger partial charge in [0.2, 0.25) is 21.8 Å². The lowest BCUT2D eigenvalue weighted by Gasteiger charge is -2.27. The van der Waals surface area contributed by atoms with Crippen LogP contribution in [0.25, 0.3) is 0 Å². The number of carbonyl (C=O) groups is 2. The molecular weight excluding hydrogens is 322 g/mol. The van der Waals surface area contributed by atoms with Crippen LogP contribution in [0.3, 0.4) is 0 Å². The number of amides is 2. The average Bonchev–Trinajstić information content (AvgIpc) is 2.91. The third kappa shape index (κ3) is 5.03. The lowest BCUT2D eigenvalue weighted by molar-refractivity contribution is -0.131. The maximum absolute atomic E-state index is 12.0. The molecule has 9 nitrogen and oxygen atoms in total. The van der Waals surface area contributed by atoms with Gasteiger partial charge in [-0.2, -0.15) is 5.10 Å². The lowest BCUT2D eigenvalue weighted by Crippen LogP contribution is -2.43. The summed E-state index contributed by atoms with van der Waals surface area (Å²) in [5.41, 5.74) is 1.61. The van der Waals surface area contributed by atoms with Gasteiger partial charge in [0.25, 0.3) is 0 Å². The smallest absolute Gasteiger partial charge is 0.238 e. The standard InChI is InChI=1S/C13H21N5O4S/c1-3-12(19)14-7-10-6-11-9-17(4-5-18(11)16-10)13(20)8-15-23(2,21)22/h6,15H,3-5,7-9H2,1-2H3,(H,14,19). The number of nitrogens with zero attached hydrogens (tertiary/aromatic N) is 3. The number of sulfonamides is 1. The molecule has 23 heavy (non-hydrogen) atoms. The van der Waals surface area contributed by atoms with Crippen LogP contribution in [0, 0.1) is 0 Å². The van der Waals surface area contributed by atoms with E-state index in [-0.39, 0.29) is 18.4 Å². The molecule has 0 aromatic carbocycles. The second-order valence-corrected chi connectivity index (χ2v) is 7.22. The fourth-order valence-corrected chi connectivity index (χ4v) is 2.63. The van der Waals surface area contributed by atoms with Crippen molar-refractivity contribution in [3.8, 4) is 0 Å². The third-order valence-corrected chi connectivity index (χ3v) is 4.14. The molecule has 0 saturated heterocycles. The topological polar surface area (TPSA) is 113 Å². The van der Waals surface area contributed by atoms with Crippen LogP contribution in [0.15, 0.2) is 6.07 Å². The molecule has 2 N–H and O–H groups in total. The summed E-state index contributed by atoms with van der Waals surface area (Å²) in [6, 6.07) is 1.85. The molecule has 0 saturated carbocycles. The van der Waals surface area contributed by atoms with Crippen LogP contribution in [0.5, 0.6) is 0 Å². The first kappa shape index (κ1) is 17.4. The Bertz CT molecular complexity index is 697. The van der Waals surface area contributed by atoms with E-state index in [0.29, 0.717) is 32.6 Å². The minimum atomic E-state index is -3.39. The Kier molecular flexibility index (Phi) is 5.37. The summed E-state index contributed by atoms with van der Waals surface area (Å²) in [6.45, 7) is 3.28. The van der Waals surface area contributed by atoms with Gasteiger partial charge in [0.15, 0.2) is 0 Å². The summed E-state index contributed by atoms with van der Waals surface area (Å²) in [7, 11) is -3.39. The summed E-state index contributed by atoms with van der Waals surface area (Å²) in [5, 5.41) is 7.15. The quantitative estimate of drug-likeness (QED) is 0.674. The molecule has 0 aliphatic carbocycles. The number of hydrogen-bond acceptors (Lipinski definition) is 5. The number of carbonyl (C=O) groups excluding carboxylic acids is 2. The maximum Gasteiger partial charge on any atom is 0.238 e. The molecule has 1 aliphatic heterocycles. The zero-order valence-electron chi connectivity index (χ0n) is 13.2. The van der Waals surface area contributed by atoms with Crippen molar-refractivity contribution in [3.63, 3.8) is 0 Å². The van der Waals surface area contributed by atoms with Crippen LogP contribution >= 0.6 is 0 Å². The Morgan fingerprint density at radius 2 is 2.09 bits per heavy atom. The van der Waals surface area contributed by atoms with Gasteiger partial charge in [0, 0.05) is 13.0 Å². The minimum absolute atomic E-state index is 0.0420. The second-order valence-electron chi connectivity index (χ2n) is 5.39. The highest BCUT2D eigenvalue weighted by Gasteiger charge is 2.22. The largest absolute Gasteiger partial charge is 0.350 e. The van der Waals surface area contributed by atoms with Crippen LogP contribution in [-0.2, 0) is 39.2 Å². The Hall–Kier alpha value is -1.94. The van der Waals surface area contributed by atoms with E-state index in [1.54, 1.807) is 16.5 Å². The van der Waals surface area contributed by atoms with Crippen LogP contribution in [0.2, 0.25) is 0 Å². The SMILES string of the molecule is CCC(=O)NCc1cc2n(n1)CCN(C(=O)CNS(C)(=O)=O)C2. The van der Waals surface area contributed by atoms with Crippen LogP contribution in [0.4, 0.5) is 0 Å². The average molecular weight is 343 g/mol. The summed E-state index contributed by atoms with van der Waals surface area (Å²) in [6.07, 6.45) is 1.44. The van der Waals surface area contributed by atoms with Gasteiger partial charge in [-0.3, -0.25) is 14.3 Å². The van der Waals surface area contributed by atoms with E-state index in [9.17, 15) is 18.0 Å². The first-order valence-corrected chi connectivity index (χ1v) is 9.22. The second kappa shape index (κ2) is 7.09. The number of fused-ring (bicyclic) bond motifs is 1. The Balaban J connectivity index is 1.94. The molecule has 0 bridgehead atoms. The fourth-order valence-electron chi connectivity index (χ4n) is 2.24. The summed E-state index contributed by atoms with van der Waals surface area (Å²) in [4.78, 5) is 24.9. The molecule has 0 atom stereocenters. The number of nitrogens with one attached hydrogen (secondary N) is 2. The maximum atomic E-state index is 12.0. The van der Waals surface area contributed by atoms with Gasteiger partial charge in [0.05, 0.1) is 43.8 Å². The number of aromatic nitrogens is 2. The van der Waals surface area contributed by atoms with E-state index in [1.807, 2.05) is 6.07 Å². The van der Waals surface area contributed by atoms with Crippen molar-refractivity contribution in [2.24, 2.45) is 0 Å². The van der Waals surface area contributed by atoms with Crippen LogP contribution in [-0.4, -0.2) is 54.3 Å². The van der Waals surface area contributed by atoms with E-state index >= 15 is 0 Å². The predicted octanol–water partition coefficient (Wildman–Crippen LogP) is -1.20. The van der Waals surface area contributed by atoms with Gasteiger partial charge in [-0.05, 0) is 6.07 Å². The monoisotopic (exact) mass is 343 g/mol. The van der Waals surface area contributed by atoms with Gasteiger partial charge in [-0.15, -0.1) is 0 Å². The summed E-state index contributed by atoms with van der Waals surface area (Å²) >= 11 is 0. The predicted molar refractivity (Wildman–Crippen MR) is 82.6 cm³/mol. The van der Waals surface area contributed by atoms with Crippen molar-refractivity contribution in [1.82, 2.24) is 24.7 Å². The van der Waals surface area contributed by atoms with Crippen molar-refractivity contribution >= 4 is 21.8 Å². The Labute approximate surface area is 135 Å². The van der Waals surface area contributed by atoms with Gasteiger partial charge < -0.3 is 10.2 Å². The zero-order chi connectivity index (χ0) is 17.0. The molecule has 0 fully saturated rings. The highest BCUT2D eigenvalue weighted by molar-refractivity contribution is 7.88. The molecule has 1 aromatic heterocycles. The highest BCUT2D eigenvalue weighted by atomic mass is 32.2. The highest BCUT2D eigenvalue weighted by Crippen LogP contribution is 2.13. The molecular formula is C13H21N5O4S. The molecule has 0 unspecified atom stereocenters. The zero-order valence-corrected chi connectivity index (χ0v) is 14.0. The normalized spacial score (nSPS) is 14.4. The van der Waals surface area contributed by atoms with Gasteiger partial charge in [-0.1, -0.05) is 6.92 Å². The molecule has 2 heterocycles. The van der Waals surface area contributed by atoms with Gasteiger partial charge >= 0.3 is 0 Å². The van der Waals surface area contributed by atoms with E-state index in [1.165, 1.54) is 0 Å². The van der Waals surface area contributed by atoms with E-state index in [2.05, 4.69) is 15.1 Å². The Morgan fingerprint density at radius 1 is 1.35 bits per heavy atom. The molecule has 1 aliphatic rings. The minimum Gasteiger partial charge on any atom is -0.350 e. The van der Waals surface area contributed by atoms with Crippen LogP contribution < -0.4 is 10.0 Å². The lowest BCUT2D eigenvalue weighted by atomic mass is 10.2. The van der Waals surface area contributed by atoms with Gasteiger partial charge in [0.1, 0.15) is 0 Å². The summed E-state index contributed by atoms with van der Waals surface area (Å²) in [5.74, 6) is -0.316. The molecule has 0 spiro atoms. The van der Waals surface area contributed by atoms with E-state index < -0.39 is 10.0 Å². The number of hydrogen-bond donors (Lipinski definition) is 2. The first-order valence-electron chi connectivity index (χ1n) is 7.33. The molecule has 1 aromatic rings. The van der Waals surface area contributed by atoms with Crippen molar-refractivity contribution in [2.45, 2.75) is 33.0 Å². The number of rotatable bonds is 6. The molecule has 10 heteroatoms. The fraction of sp³-hybridized carbons (Fsp3) is 0.615. The Morgan fingerprint density at radius 3 is 2.74 bits per heavy atom. The molecule has 0 radical (unpaired) electrons. The summed E-state index contributed by atoms with van der Waals surface area (Å²) < 4.78 is 26.1. The van der Waals surface area contributed by atoms with Crippen molar-refractivity contribution in [3.05, 3.63) is 17.5 Å². The molecule has 128 valence electrons. The van der Waals surface area contributed by atoms with Crippen molar-refractivity contribution in [2.75, 3.05) is 19.3 Å². The molecule has 2 amide bonds.